The summed E-state index contributed by atoms with van der Waals surface area (Å²) in [6, 6.07) is 0. The zero-order valence-electron chi connectivity index (χ0n) is 8.38. The average Bonchev–Trinajstić information content (AvgIpc) is 2.87. The third kappa shape index (κ3) is 2.12. The van der Waals surface area contributed by atoms with Gasteiger partial charge in [-0.1, -0.05) is 6.92 Å². The van der Waals surface area contributed by atoms with Crippen molar-refractivity contribution in [1.29, 1.82) is 0 Å². The maximum absolute atomic E-state index is 10.7. The molecule has 0 bridgehead atoms. The molecule has 2 heterocycles. The standard InChI is InChI=1S/C10H11N3OS/c1-2-9-4-12-10(15-9)5-13-7-11-3-8(13)6-14/h3-4,6-7H,2,5H2,1H3. The summed E-state index contributed by atoms with van der Waals surface area (Å²) in [5, 5.41) is 1.01. The van der Waals surface area contributed by atoms with Crippen molar-refractivity contribution in [2.24, 2.45) is 0 Å². The molecule has 0 fully saturated rings. The summed E-state index contributed by atoms with van der Waals surface area (Å²) < 4.78 is 1.80. The summed E-state index contributed by atoms with van der Waals surface area (Å²) in [6.45, 7) is 2.73. The number of thiazole rings is 1. The summed E-state index contributed by atoms with van der Waals surface area (Å²) in [6.07, 6.45) is 6.90. The number of aryl methyl sites for hydroxylation is 1. The highest BCUT2D eigenvalue weighted by Crippen LogP contribution is 2.14. The zero-order valence-corrected chi connectivity index (χ0v) is 9.20. The fraction of sp³-hybridized carbons (Fsp3) is 0.300. The SMILES string of the molecule is CCc1cnc(Cn2cncc2C=O)s1. The number of carbonyl (C=O) groups is 1. The molecule has 5 heteroatoms. The first-order valence-corrected chi connectivity index (χ1v) is 5.54. The molecule has 0 aromatic carbocycles. The van der Waals surface area contributed by atoms with Crippen LogP contribution in [0.25, 0.3) is 0 Å². The van der Waals surface area contributed by atoms with Gasteiger partial charge in [0.15, 0.2) is 6.29 Å². The van der Waals surface area contributed by atoms with E-state index >= 15 is 0 Å². The van der Waals surface area contributed by atoms with Gasteiger partial charge < -0.3 is 4.57 Å². The predicted molar refractivity (Wildman–Crippen MR) is 58.2 cm³/mol. The molecular formula is C10H11N3OS. The van der Waals surface area contributed by atoms with Crippen LogP contribution in [-0.2, 0) is 13.0 Å². The van der Waals surface area contributed by atoms with Crippen LogP contribution in [0.15, 0.2) is 18.7 Å². The van der Waals surface area contributed by atoms with Crippen molar-refractivity contribution in [3.63, 3.8) is 0 Å². The fourth-order valence-electron chi connectivity index (χ4n) is 1.29. The van der Waals surface area contributed by atoms with Gasteiger partial charge >= 0.3 is 0 Å². The van der Waals surface area contributed by atoms with E-state index in [0.717, 1.165) is 17.7 Å². The molecular weight excluding hydrogens is 210 g/mol. The molecule has 0 N–H and O–H groups in total. The average molecular weight is 221 g/mol. The smallest absolute Gasteiger partial charge is 0.168 e. The Labute approximate surface area is 91.6 Å². The van der Waals surface area contributed by atoms with Crippen molar-refractivity contribution in [2.45, 2.75) is 19.9 Å². The van der Waals surface area contributed by atoms with Crippen LogP contribution < -0.4 is 0 Å². The van der Waals surface area contributed by atoms with Gasteiger partial charge in [0, 0.05) is 11.1 Å². The molecule has 2 rings (SSSR count). The van der Waals surface area contributed by atoms with Gasteiger partial charge in [-0.15, -0.1) is 11.3 Å². The number of carbonyl (C=O) groups excluding carboxylic acids is 1. The van der Waals surface area contributed by atoms with Gasteiger partial charge in [-0.3, -0.25) is 4.79 Å². The van der Waals surface area contributed by atoms with Crippen LogP contribution in [0.5, 0.6) is 0 Å². The Balaban J connectivity index is 2.17. The lowest BCUT2D eigenvalue weighted by Gasteiger charge is -1.99. The van der Waals surface area contributed by atoms with Crippen LogP contribution in [-0.4, -0.2) is 20.8 Å². The summed E-state index contributed by atoms with van der Waals surface area (Å²) >= 11 is 1.67. The monoisotopic (exact) mass is 221 g/mol. The molecule has 0 spiro atoms. The lowest BCUT2D eigenvalue weighted by molar-refractivity contribution is 0.111. The predicted octanol–water partition coefficient (Wildman–Crippen LogP) is 1.76. The minimum absolute atomic E-state index is 0.586. The largest absolute Gasteiger partial charge is 0.321 e. The molecule has 0 saturated carbocycles. The lowest BCUT2D eigenvalue weighted by Crippen LogP contribution is -2.01. The van der Waals surface area contributed by atoms with Crippen molar-refractivity contribution in [2.75, 3.05) is 0 Å². The van der Waals surface area contributed by atoms with Crippen molar-refractivity contribution < 1.29 is 4.79 Å². The highest BCUT2D eigenvalue weighted by atomic mass is 32.1. The Hall–Kier alpha value is -1.49. The normalized spacial score (nSPS) is 10.5. The summed E-state index contributed by atoms with van der Waals surface area (Å²) in [7, 11) is 0. The van der Waals surface area contributed by atoms with Gasteiger partial charge in [0.2, 0.25) is 0 Å². The van der Waals surface area contributed by atoms with Gasteiger partial charge in [-0.05, 0) is 6.42 Å². The first-order chi connectivity index (χ1) is 7.33. The van der Waals surface area contributed by atoms with E-state index < -0.39 is 0 Å². The molecule has 2 aromatic rings. The van der Waals surface area contributed by atoms with Crippen LogP contribution in [0.4, 0.5) is 0 Å². The van der Waals surface area contributed by atoms with Crippen LogP contribution in [0, 0.1) is 0 Å². The molecule has 2 aromatic heterocycles. The van der Waals surface area contributed by atoms with Gasteiger partial charge in [-0.2, -0.15) is 0 Å². The summed E-state index contributed by atoms with van der Waals surface area (Å²) in [5.74, 6) is 0. The van der Waals surface area contributed by atoms with Crippen molar-refractivity contribution >= 4 is 17.6 Å². The number of hydrogen-bond donors (Lipinski definition) is 0. The first-order valence-electron chi connectivity index (χ1n) is 4.72. The zero-order chi connectivity index (χ0) is 10.7. The van der Waals surface area contributed by atoms with E-state index in [1.165, 1.54) is 4.88 Å². The second-order valence-electron chi connectivity index (χ2n) is 3.14. The highest BCUT2D eigenvalue weighted by Gasteiger charge is 2.04. The maximum atomic E-state index is 10.7. The van der Waals surface area contributed by atoms with Crippen LogP contribution in [0.3, 0.4) is 0 Å². The second kappa shape index (κ2) is 4.35. The number of rotatable bonds is 4. The van der Waals surface area contributed by atoms with Crippen molar-refractivity contribution in [1.82, 2.24) is 14.5 Å². The van der Waals surface area contributed by atoms with Crippen molar-refractivity contribution in [3.05, 3.63) is 34.3 Å². The Morgan fingerprint density at radius 2 is 2.40 bits per heavy atom. The molecule has 0 atom stereocenters. The molecule has 15 heavy (non-hydrogen) atoms. The number of hydrogen-bond acceptors (Lipinski definition) is 4. The van der Waals surface area contributed by atoms with Crippen LogP contribution >= 0.6 is 11.3 Å². The Morgan fingerprint density at radius 1 is 1.53 bits per heavy atom. The van der Waals surface area contributed by atoms with E-state index in [1.54, 1.807) is 28.4 Å². The highest BCUT2D eigenvalue weighted by molar-refractivity contribution is 7.11. The lowest BCUT2D eigenvalue weighted by atomic mass is 10.4. The molecule has 0 aliphatic rings. The van der Waals surface area contributed by atoms with E-state index in [1.807, 2.05) is 6.20 Å². The third-order valence-corrected chi connectivity index (χ3v) is 3.25. The summed E-state index contributed by atoms with van der Waals surface area (Å²) in [5.41, 5.74) is 0.586. The first kappa shape index (κ1) is 10.0. The number of imidazole rings is 1. The molecule has 0 saturated heterocycles. The third-order valence-electron chi connectivity index (χ3n) is 2.12. The molecule has 4 nitrogen and oxygen atoms in total. The second-order valence-corrected chi connectivity index (χ2v) is 4.34. The van der Waals surface area contributed by atoms with Gasteiger partial charge in [-0.25, -0.2) is 9.97 Å². The number of aldehydes is 1. The molecule has 0 unspecified atom stereocenters. The maximum Gasteiger partial charge on any atom is 0.168 e. The molecule has 0 amide bonds. The van der Waals surface area contributed by atoms with E-state index in [-0.39, 0.29) is 0 Å². The fourth-order valence-corrected chi connectivity index (χ4v) is 2.15. The van der Waals surface area contributed by atoms with E-state index in [2.05, 4.69) is 16.9 Å². The Bertz CT molecular complexity index is 461. The van der Waals surface area contributed by atoms with Crippen molar-refractivity contribution in [3.8, 4) is 0 Å². The Morgan fingerprint density at radius 3 is 3.07 bits per heavy atom. The number of aromatic nitrogens is 3. The van der Waals surface area contributed by atoms with Gasteiger partial charge in [0.05, 0.1) is 19.1 Å². The van der Waals surface area contributed by atoms with E-state index in [0.29, 0.717) is 12.2 Å². The topological polar surface area (TPSA) is 47.8 Å². The minimum Gasteiger partial charge on any atom is -0.321 e. The van der Waals surface area contributed by atoms with E-state index in [9.17, 15) is 4.79 Å². The van der Waals surface area contributed by atoms with Gasteiger partial charge in [0.25, 0.3) is 0 Å². The molecule has 0 radical (unpaired) electrons. The minimum atomic E-state index is 0.586. The van der Waals surface area contributed by atoms with Crippen LogP contribution in [0.2, 0.25) is 0 Å². The Kier molecular flexibility index (Phi) is 2.91. The molecule has 0 aliphatic carbocycles. The number of nitrogens with zero attached hydrogens (tertiary/aromatic N) is 3. The van der Waals surface area contributed by atoms with Crippen LogP contribution in [0.1, 0.15) is 27.3 Å². The quantitative estimate of drug-likeness (QED) is 0.739. The summed E-state index contributed by atoms with van der Waals surface area (Å²) in [4.78, 5) is 20.1. The molecule has 0 aliphatic heterocycles. The van der Waals surface area contributed by atoms with E-state index in [4.69, 9.17) is 0 Å². The van der Waals surface area contributed by atoms with Gasteiger partial charge in [0.1, 0.15) is 10.7 Å². The molecule has 78 valence electrons.